The molecule has 2 aromatic heterocycles. The van der Waals surface area contributed by atoms with Crippen molar-refractivity contribution < 1.29 is 9.18 Å². The van der Waals surface area contributed by atoms with Crippen LogP contribution < -0.4 is 11.1 Å². The number of rotatable bonds is 8. The van der Waals surface area contributed by atoms with Crippen LogP contribution >= 0.6 is 11.3 Å². The normalized spacial score (nSPS) is 11.0. The van der Waals surface area contributed by atoms with Crippen molar-refractivity contribution in [3.8, 4) is 11.8 Å². The third-order valence-corrected chi connectivity index (χ3v) is 5.86. The Bertz CT molecular complexity index is 1110. The summed E-state index contributed by atoms with van der Waals surface area (Å²) in [6, 6.07) is 7.81. The van der Waals surface area contributed by atoms with Crippen molar-refractivity contribution in [2.45, 2.75) is 40.0 Å². The van der Waals surface area contributed by atoms with Crippen LogP contribution in [0.25, 0.3) is 5.69 Å². The first kappa shape index (κ1) is 22.4. The van der Waals surface area contributed by atoms with Gasteiger partial charge in [0.15, 0.2) is 0 Å². The van der Waals surface area contributed by atoms with Crippen molar-refractivity contribution in [2.24, 2.45) is 5.92 Å². The summed E-state index contributed by atoms with van der Waals surface area (Å²) < 4.78 is 14.6. The van der Waals surface area contributed by atoms with Gasteiger partial charge in [-0.15, -0.1) is 11.3 Å². The summed E-state index contributed by atoms with van der Waals surface area (Å²) in [6.07, 6.45) is 1.92. The highest BCUT2D eigenvalue weighted by Gasteiger charge is 2.18. The molecule has 0 radical (unpaired) electrons. The number of benzene rings is 1. The lowest BCUT2D eigenvalue weighted by atomic mass is 10.1. The first-order valence-electron chi connectivity index (χ1n) is 10.1. The summed E-state index contributed by atoms with van der Waals surface area (Å²) in [4.78, 5) is 17.6. The monoisotopic (exact) mass is 440 g/mol. The molecule has 0 fully saturated rings. The minimum atomic E-state index is -0.363. The lowest BCUT2D eigenvalue weighted by Crippen LogP contribution is -2.24. The van der Waals surface area contributed by atoms with Gasteiger partial charge in [0.05, 0.1) is 22.1 Å². The Balaban J connectivity index is 1.61. The molecule has 0 bridgehead atoms. The zero-order chi connectivity index (χ0) is 22.5. The van der Waals surface area contributed by atoms with Gasteiger partial charge in [0.2, 0.25) is 0 Å². The minimum Gasteiger partial charge on any atom is -0.382 e. The average molecular weight is 441 g/mol. The maximum absolute atomic E-state index is 13.2. The van der Waals surface area contributed by atoms with Crippen molar-refractivity contribution in [1.29, 1.82) is 5.26 Å². The Kier molecular flexibility index (Phi) is 7.02. The fourth-order valence-corrected chi connectivity index (χ4v) is 4.38. The molecule has 1 amide bonds. The van der Waals surface area contributed by atoms with Gasteiger partial charge >= 0.3 is 0 Å². The molecule has 1 aromatic carbocycles. The van der Waals surface area contributed by atoms with Gasteiger partial charge in [0.25, 0.3) is 5.91 Å². The van der Waals surface area contributed by atoms with Crippen LogP contribution in [-0.4, -0.2) is 27.2 Å². The zero-order valence-electron chi connectivity index (χ0n) is 17.8. The van der Waals surface area contributed by atoms with Crippen LogP contribution in [0.2, 0.25) is 0 Å². The van der Waals surface area contributed by atoms with Gasteiger partial charge in [-0.3, -0.25) is 4.79 Å². The number of hydrogen-bond acceptors (Lipinski definition) is 6. The van der Waals surface area contributed by atoms with Crippen LogP contribution in [0, 0.1) is 30.0 Å². The second kappa shape index (κ2) is 9.71. The molecule has 9 heteroatoms. The molecular weight excluding hydrogens is 415 g/mol. The molecule has 0 spiro atoms. The van der Waals surface area contributed by atoms with Gasteiger partial charge in [0.1, 0.15) is 28.1 Å². The number of carbonyl (C=O) groups excluding carboxylic acids is 1. The van der Waals surface area contributed by atoms with E-state index in [2.05, 4.69) is 35.3 Å². The molecule has 3 N–H and O–H groups in total. The number of nitrogens with two attached hydrogens (primary N) is 1. The number of nitrogen functional groups attached to an aromatic ring is 1. The van der Waals surface area contributed by atoms with Crippen LogP contribution in [0.1, 0.15) is 51.9 Å². The Labute approximate surface area is 184 Å². The number of halogens is 1. The number of amides is 1. The van der Waals surface area contributed by atoms with Crippen LogP contribution in [-0.2, 0) is 12.8 Å². The lowest BCUT2D eigenvalue weighted by molar-refractivity contribution is 0.0956. The number of aromatic nitrogens is 3. The van der Waals surface area contributed by atoms with Crippen molar-refractivity contribution >= 4 is 23.1 Å². The number of nitrogens with zero attached hydrogens (tertiary/aromatic N) is 4. The molecule has 0 unspecified atom stereocenters. The standard InChI is InChI=1S/C22H25FN6OS/c1-13(2)11-19-27-14(3)20(31-19)22(30)26-10-4-5-18-17(12-24)21(25)29(28-18)16-8-6-15(23)7-9-16/h6-9,13H,4-5,10-11,25H2,1-3H3,(H,26,30). The van der Waals surface area contributed by atoms with Gasteiger partial charge in [0, 0.05) is 13.0 Å². The fourth-order valence-electron chi connectivity index (χ4n) is 3.19. The lowest BCUT2D eigenvalue weighted by Gasteiger charge is -2.04. The van der Waals surface area contributed by atoms with Crippen LogP contribution in [0.15, 0.2) is 24.3 Å². The highest BCUT2D eigenvalue weighted by molar-refractivity contribution is 7.13. The number of thiazole rings is 1. The van der Waals surface area contributed by atoms with Crippen LogP contribution in [0.5, 0.6) is 0 Å². The SMILES string of the molecule is Cc1nc(CC(C)C)sc1C(=O)NCCCc1nn(-c2ccc(F)cc2)c(N)c1C#N. The van der Waals surface area contributed by atoms with Crippen molar-refractivity contribution in [2.75, 3.05) is 12.3 Å². The Hall–Kier alpha value is -3.25. The van der Waals surface area contributed by atoms with Gasteiger partial charge < -0.3 is 11.1 Å². The van der Waals surface area contributed by atoms with E-state index in [-0.39, 0.29) is 17.5 Å². The van der Waals surface area contributed by atoms with Gasteiger partial charge in [-0.05, 0) is 49.9 Å². The summed E-state index contributed by atoms with van der Waals surface area (Å²) in [5.74, 6) is 0.198. The highest BCUT2D eigenvalue weighted by atomic mass is 32.1. The molecule has 0 saturated heterocycles. The summed E-state index contributed by atoms with van der Waals surface area (Å²) in [7, 11) is 0. The van der Waals surface area contributed by atoms with Crippen LogP contribution in [0.4, 0.5) is 10.2 Å². The maximum Gasteiger partial charge on any atom is 0.263 e. The zero-order valence-corrected chi connectivity index (χ0v) is 18.6. The smallest absolute Gasteiger partial charge is 0.263 e. The molecule has 2 heterocycles. The highest BCUT2D eigenvalue weighted by Crippen LogP contribution is 2.22. The van der Waals surface area contributed by atoms with E-state index in [1.54, 1.807) is 12.1 Å². The van der Waals surface area contributed by atoms with Crippen molar-refractivity contribution in [1.82, 2.24) is 20.1 Å². The molecule has 162 valence electrons. The number of aryl methyl sites for hydroxylation is 2. The van der Waals surface area contributed by atoms with Gasteiger partial charge in [-0.25, -0.2) is 14.1 Å². The molecule has 7 nitrogen and oxygen atoms in total. The minimum absolute atomic E-state index is 0.137. The molecular formula is C22H25FN6OS. The predicted molar refractivity (Wildman–Crippen MR) is 119 cm³/mol. The van der Waals surface area contributed by atoms with Crippen molar-refractivity contribution in [3.05, 3.63) is 56.9 Å². The summed E-state index contributed by atoms with van der Waals surface area (Å²) >= 11 is 1.44. The second-order valence-corrected chi connectivity index (χ2v) is 8.77. The van der Waals surface area contributed by atoms with Crippen molar-refractivity contribution in [3.63, 3.8) is 0 Å². The number of anilines is 1. The molecule has 3 aromatic rings. The maximum atomic E-state index is 13.2. The van der Waals surface area contributed by atoms with E-state index in [0.29, 0.717) is 47.1 Å². The van der Waals surface area contributed by atoms with Gasteiger partial charge in [-0.2, -0.15) is 10.4 Å². The summed E-state index contributed by atoms with van der Waals surface area (Å²) in [5.41, 5.74) is 8.24. The van der Waals surface area contributed by atoms with Crippen LogP contribution in [0.3, 0.4) is 0 Å². The first-order valence-corrected chi connectivity index (χ1v) is 10.9. The van der Waals surface area contributed by atoms with E-state index in [1.807, 2.05) is 6.92 Å². The number of nitrogens with one attached hydrogen (secondary N) is 1. The Morgan fingerprint density at radius 1 is 1.35 bits per heavy atom. The molecule has 3 rings (SSSR count). The topological polar surface area (TPSA) is 110 Å². The average Bonchev–Trinajstić information content (AvgIpc) is 3.24. The fraction of sp³-hybridized carbons (Fsp3) is 0.364. The molecule has 0 aliphatic rings. The van der Waals surface area contributed by atoms with E-state index < -0.39 is 0 Å². The Morgan fingerprint density at radius 3 is 2.71 bits per heavy atom. The van der Waals surface area contributed by atoms with E-state index in [9.17, 15) is 14.4 Å². The van der Waals surface area contributed by atoms with E-state index in [0.717, 1.165) is 17.1 Å². The summed E-state index contributed by atoms with van der Waals surface area (Å²) in [6.45, 7) is 6.52. The third-order valence-electron chi connectivity index (χ3n) is 4.68. The molecule has 31 heavy (non-hydrogen) atoms. The van der Waals surface area contributed by atoms with Gasteiger partial charge in [-0.1, -0.05) is 13.8 Å². The van der Waals surface area contributed by atoms with E-state index >= 15 is 0 Å². The number of nitriles is 1. The summed E-state index contributed by atoms with van der Waals surface area (Å²) in [5, 5.41) is 17.8. The molecule has 0 aliphatic carbocycles. The number of carbonyl (C=O) groups is 1. The van der Waals surface area contributed by atoms with E-state index in [4.69, 9.17) is 5.73 Å². The first-order chi connectivity index (χ1) is 14.8. The predicted octanol–water partition coefficient (Wildman–Crippen LogP) is 3.79. The third kappa shape index (κ3) is 5.27. The second-order valence-electron chi connectivity index (χ2n) is 7.69. The molecule has 0 saturated carbocycles. The number of hydrogen-bond donors (Lipinski definition) is 2. The quantitative estimate of drug-likeness (QED) is 0.518. The largest absolute Gasteiger partial charge is 0.382 e. The molecule has 0 atom stereocenters. The Morgan fingerprint density at radius 2 is 2.06 bits per heavy atom. The molecule has 0 aliphatic heterocycles. The van der Waals surface area contributed by atoms with E-state index in [1.165, 1.54) is 28.2 Å².